The molecule has 0 spiro atoms. The van der Waals surface area contributed by atoms with Gasteiger partial charge in [-0.15, -0.1) is 0 Å². The second kappa shape index (κ2) is 8.89. The van der Waals surface area contributed by atoms with Crippen LogP contribution < -0.4 is 0 Å². The van der Waals surface area contributed by atoms with Crippen molar-refractivity contribution in [2.75, 3.05) is 45.9 Å². The van der Waals surface area contributed by atoms with Crippen molar-refractivity contribution in [2.24, 2.45) is 0 Å². The van der Waals surface area contributed by atoms with E-state index < -0.39 is 6.04 Å². The van der Waals surface area contributed by atoms with Crippen LogP contribution in [0.25, 0.3) is 10.9 Å². The number of ether oxygens (including phenoxy) is 1. The number of aromatic amines is 1. The number of aromatic nitrogens is 1. The maximum absolute atomic E-state index is 13.7. The summed E-state index contributed by atoms with van der Waals surface area (Å²) in [7, 11) is 0. The van der Waals surface area contributed by atoms with Crippen molar-refractivity contribution in [3.05, 3.63) is 71.4 Å². The van der Waals surface area contributed by atoms with E-state index in [0.717, 1.165) is 67.0 Å². The molecule has 2 unspecified atom stereocenters. The SMILES string of the molecule is O=C1C2Cc3c([nH]c4ccccc34)C(c3ccccc3)N2C(=O)CN1CCCN1CCOCC1. The standard InChI is InChI=1S/C27H30N4O3/c32-24-18-30(12-6-11-29-13-15-34-16-14-29)27(33)23-17-21-20-9-4-5-10-22(20)28-25(21)26(31(23)24)19-7-2-1-3-8-19/h1-5,7-10,23,26,28H,6,11-18H2. The first kappa shape index (κ1) is 21.4. The number of H-pyrrole nitrogens is 1. The third-order valence-electron chi connectivity index (χ3n) is 7.46. The summed E-state index contributed by atoms with van der Waals surface area (Å²) >= 11 is 0. The van der Waals surface area contributed by atoms with Crippen LogP contribution in [0.15, 0.2) is 54.6 Å². The summed E-state index contributed by atoms with van der Waals surface area (Å²) in [5.74, 6) is 0.0903. The highest BCUT2D eigenvalue weighted by atomic mass is 16.5. The zero-order valence-corrected chi connectivity index (χ0v) is 19.3. The number of hydrogen-bond acceptors (Lipinski definition) is 4. The molecule has 2 atom stereocenters. The maximum Gasteiger partial charge on any atom is 0.246 e. The van der Waals surface area contributed by atoms with Gasteiger partial charge in [0.25, 0.3) is 0 Å². The highest BCUT2D eigenvalue weighted by molar-refractivity contribution is 5.97. The van der Waals surface area contributed by atoms with Crippen LogP contribution in [-0.2, 0) is 20.7 Å². The molecule has 176 valence electrons. The number of carbonyl (C=O) groups excluding carboxylic acids is 2. The van der Waals surface area contributed by atoms with Crippen LogP contribution in [0.4, 0.5) is 0 Å². The summed E-state index contributed by atoms with van der Waals surface area (Å²) in [6, 6.07) is 17.5. The van der Waals surface area contributed by atoms with E-state index in [1.54, 1.807) is 4.90 Å². The molecule has 3 aliphatic heterocycles. The molecule has 1 aromatic heterocycles. The number of rotatable bonds is 5. The van der Waals surface area contributed by atoms with E-state index in [1.165, 1.54) is 0 Å². The van der Waals surface area contributed by atoms with E-state index in [-0.39, 0.29) is 24.4 Å². The number of hydrogen-bond donors (Lipinski definition) is 1. The first-order valence-corrected chi connectivity index (χ1v) is 12.2. The average Bonchev–Trinajstić information content (AvgIpc) is 3.25. The van der Waals surface area contributed by atoms with Crippen molar-refractivity contribution in [1.29, 1.82) is 0 Å². The minimum atomic E-state index is -0.471. The molecule has 0 saturated carbocycles. The number of benzene rings is 2. The number of piperazine rings is 1. The molecular weight excluding hydrogens is 428 g/mol. The monoisotopic (exact) mass is 458 g/mol. The van der Waals surface area contributed by atoms with Crippen molar-refractivity contribution in [3.63, 3.8) is 0 Å². The number of carbonyl (C=O) groups is 2. The summed E-state index contributed by atoms with van der Waals surface area (Å²) < 4.78 is 5.43. The van der Waals surface area contributed by atoms with Crippen LogP contribution in [0.3, 0.4) is 0 Å². The zero-order chi connectivity index (χ0) is 23.1. The minimum Gasteiger partial charge on any atom is -0.379 e. The molecule has 2 aromatic carbocycles. The molecule has 1 N–H and O–H groups in total. The van der Waals surface area contributed by atoms with Crippen LogP contribution >= 0.6 is 0 Å². The molecule has 0 aliphatic carbocycles. The Morgan fingerprint density at radius 3 is 2.53 bits per heavy atom. The van der Waals surface area contributed by atoms with E-state index in [9.17, 15) is 9.59 Å². The number of morpholine rings is 1. The molecule has 7 heteroatoms. The van der Waals surface area contributed by atoms with Crippen LogP contribution in [0.1, 0.15) is 29.3 Å². The third kappa shape index (κ3) is 3.69. The second-order valence-electron chi connectivity index (χ2n) is 9.46. The van der Waals surface area contributed by atoms with Gasteiger partial charge in [-0.25, -0.2) is 0 Å². The van der Waals surface area contributed by atoms with Crippen molar-refractivity contribution in [3.8, 4) is 0 Å². The second-order valence-corrected chi connectivity index (χ2v) is 9.46. The number of fused-ring (bicyclic) bond motifs is 4. The fourth-order valence-electron chi connectivity index (χ4n) is 5.80. The number of nitrogens with one attached hydrogen (secondary N) is 1. The van der Waals surface area contributed by atoms with Gasteiger partial charge in [0.2, 0.25) is 11.8 Å². The van der Waals surface area contributed by atoms with Gasteiger partial charge in [0.1, 0.15) is 6.04 Å². The molecule has 2 saturated heterocycles. The smallest absolute Gasteiger partial charge is 0.246 e. The molecule has 2 fully saturated rings. The van der Waals surface area contributed by atoms with Crippen LogP contribution in [0, 0.1) is 0 Å². The Bertz CT molecular complexity index is 1200. The summed E-state index contributed by atoms with van der Waals surface area (Å²) in [5, 5.41) is 1.14. The van der Waals surface area contributed by atoms with E-state index in [4.69, 9.17) is 4.74 Å². The Hall–Kier alpha value is -3.16. The van der Waals surface area contributed by atoms with Gasteiger partial charge in [0.05, 0.1) is 25.8 Å². The summed E-state index contributed by atoms with van der Waals surface area (Å²) in [5.41, 5.74) is 4.27. The molecule has 34 heavy (non-hydrogen) atoms. The van der Waals surface area contributed by atoms with Gasteiger partial charge in [0, 0.05) is 49.2 Å². The predicted octanol–water partition coefficient (Wildman–Crippen LogP) is 2.58. The summed E-state index contributed by atoms with van der Waals surface area (Å²) in [6.45, 7) is 5.10. The third-order valence-corrected chi connectivity index (χ3v) is 7.46. The van der Waals surface area contributed by atoms with Gasteiger partial charge in [-0.2, -0.15) is 0 Å². The van der Waals surface area contributed by atoms with Gasteiger partial charge >= 0.3 is 0 Å². The van der Waals surface area contributed by atoms with Crippen molar-refractivity contribution in [1.82, 2.24) is 19.7 Å². The lowest BCUT2D eigenvalue weighted by atomic mass is 9.86. The highest BCUT2D eigenvalue weighted by Crippen LogP contribution is 2.42. The van der Waals surface area contributed by atoms with Gasteiger partial charge in [-0.3, -0.25) is 14.5 Å². The molecular formula is C27H30N4O3. The molecule has 6 rings (SSSR count). The minimum absolute atomic E-state index is 0.0223. The highest BCUT2D eigenvalue weighted by Gasteiger charge is 2.48. The molecule has 3 aromatic rings. The van der Waals surface area contributed by atoms with E-state index >= 15 is 0 Å². The Morgan fingerprint density at radius 2 is 1.71 bits per heavy atom. The fraction of sp³-hybridized carbons (Fsp3) is 0.407. The van der Waals surface area contributed by atoms with Gasteiger partial charge in [0.15, 0.2) is 0 Å². The molecule has 4 heterocycles. The van der Waals surface area contributed by atoms with Crippen LogP contribution in [-0.4, -0.2) is 83.5 Å². The number of amides is 2. The first-order chi connectivity index (χ1) is 16.7. The van der Waals surface area contributed by atoms with E-state index in [1.807, 2.05) is 35.2 Å². The first-order valence-electron chi connectivity index (χ1n) is 12.2. The van der Waals surface area contributed by atoms with Crippen LogP contribution in [0.5, 0.6) is 0 Å². The fourth-order valence-corrected chi connectivity index (χ4v) is 5.80. The Morgan fingerprint density at radius 1 is 0.941 bits per heavy atom. The van der Waals surface area contributed by atoms with E-state index in [2.05, 4.69) is 34.1 Å². The lowest BCUT2D eigenvalue weighted by Gasteiger charge is -2.47. The van der Waals surface area contributed by atoms with Gasteiger partial charge in [-0.05, 0) is 23.6 Å². The molecule has 0 bridgehead atoms. The Labute approximate surface area is 199 Å². The molecule has 7 nitrogen and oxygen atoms in total. The van der Waals surface area contributed by atoms with Crippen LogP contribution in [0.2, 0.25) is 0 Å². The average molecular weight is 459 g/mol. The lowest BCUT2D eigenvalue weighted by molar-refractivity contribution is -0.158. The zero-order valence-electron chi connectivity index (χ0n) is 19.3. The van der Waals surface area contributed by atoms with Crippen molar-refractivity contribution in [2.45, 2.75) is 24.9 Å². The largest absolute Gasteiger partial charge is 0.379 e. The van der Waals surface area contributed by atoms with Crippen molar-refractivity contribution >= 4 is 22.7 Å². The maximum atomic E-state index is 13.7. The van der Waals surface area contributed by atoms with E-state index in [0.29, 0.717) is 13.0 Å². The number of nitrogens with zero attached hydrogens (tertiary/aromatic N) is 3. The number of para-hydroxylation sites is 1. The molecule has 2 amide bonds. The lowest BCUT2D eigenvalue weighted by Crippen LogP contribution is -2.63. The summed E-state index contributed by atoms with van der Waals surface area (Å²) in [6.07, 6.45) is 1.42. The molecule has 0 radical (unpaired) electrons. The Kier molecular flexibility index (Phi) is 5.59. The predicted molar refractivity (Wildman–Crippen MR) is 129 cm³/mol. The topological polar surface area (TPSA) is 68.9 Å². The Balaban J connectivity index is 1.30. The summed E-state index contributed by atoms with van der Waals surface area (Å²) in [4.78, 5) is 36.8. The normalized spacial score (nSPS) is 23.3. The quantitative estimate of drug-likeness (QED) is 0.638. The van der Waals surface area contributed by atoms with Gasteiger partial charge in [-0.1, -0.05) is 48.5 Å². The molecule has 3 aliphatic rings. The van der Waals surface area contributed by atoms with Gasteiger partial charge < -0.3 is 19.5 Å². The van der Waals surface area contributed by atoms with Crippen molar-refractivity contribution < 1.29 is 14.3 Å².